The Morgan fingerprint density at radius 1 is 1.24 bits per heavy atom. The third kappa shape index (κ3) is 3.58. The maximum atomic E-state index is 12.7. The Morgan fingerprint density at radius 3 is 2.60 bits per heavy atom. The summed E-state index contributed by atoms with van der Waals surface area (Å²) in [5.41, 5.74) is 8.04. The monoisotopic (exact) mass is 377 g/mol. The van der Waals surface area contributed by atoms with Crippen LogP contribution in [-0.4, -0.2) is 24.2 Å². The van der Waals surface area contributed by atoms with Crippen molar-refractivity contribution in [1.82, 2.24) is 4.57 Å². The molecule has 1 amide bonds. The number of methoxy groups -OCH3 is 1. The van der Waals surface area contributed by atoms with Crippen LogP contribution in [0.25, 0.3) is 10.9 Å². The molecule has 130 valence electrons. The fourth-order valence-corrected chi connectivity index (χ4v) is 3.14. The number of hydrogen-bond acceptors (Lipinski definition) is 3. The van der Waals surface area contributed by atoms with Gasteiger partial charge in [0.15, 0.2) is 0 Å². The van der Waals surface area contributed by atoms with Gasteiger partial charge in [0.1, 0.15) is 0 Å². The van der Waals surface area contributed by atoms with Crippen molar-refractivity contribution in [1.29, 1.82) is 0 Å². The van der Waals surface area contributed by atoms with E-state index in [1.807, 2.05) is 35.0 Å². The maximum absolute atomic E-state index is 12.7. The third-order valence-electron chi connectivity index (χ3n) is 3.91. The Bertz CT molecular complexity index is 914. The van der Waals surface area contributed by atoms with Gasteiger partial charge in [-0.25, -0.2) is 0 Å². The molecule has 0 aliphatic heterocycles. The fourth-order valence-electron chi connectivity index (χ4n) is 2.66. The van der Waals surface area contributed by atoms with E-state index in [1.54, 1.807) is 19.2 Å². The van der Waals surface area contributed by atoms with Crippen LogP contribution >= 0.6 is 23.2 Å². The van der Waals surface area contributed by atoms with E-state index in [1.165, 1.54) is 0 Å². The standard InChI is InChI=1S/C18H17Cl2N3O2/c1-25-7-6-23-10-13(12-4-2-3-5-16(12)23)18(24)22-11-8-14(19)17(21)15(20)9-11/h2-5,8-10H,6-7,21H2,1H3,(H,22,24). The van der Waals surface area contributed by atoms with E-state index < -0.39 is 0 Å². The van der Waals surface area contributed by atoms with Crippen molar-refractivity contribution in [2.45, 2.75) is 6.54 Å². The number of para-hydroxylation sites is 1. The number of halogens is 2. The number of nitrogens with zero attached hydrogens (tertiary/aromatic N) is 1. The van der Waals surface area contributed by atoms with E-state index in [4.69, 9.17) is 33.7 Å². The quantitative estimate of drug-likeness (QED) is 0.646. The second-order valence-electron chi connectivity index (χ2n) is 5.55. The van der Waals surface area contributed by atoms with Gasteiger partial charge in [-0.15, -0.1) is 0 Å². The highest BCUT2D eigenvalue weighted by Crippen LogP contribution is 2.31. The van der Waals surface area contributed by atoms with Gasteiger partial charge in [0.25, 0.3) is 5.91 Å². The first-order valence-electron chi connectivity index (χ1n) is 7.64. The number of fused-ring (bicyclic) bond motifs is 1. The molecule has 0 aliphatic rings. The molecule has 0 unspecified atom stereocenters. The van der Waals surface area contributed by atoms with E-state index >= 15 is 0 Å². The SMILES string of the molecule is COCCn1cc(C(=O)Nc2cc(Cl)c(N)c(Cl)c2)c2ccccc21. The van der Waals surface area contributed by atoms with Gasteiger partial charge in [-0.3, -0.25) is 4.79 Å². The number of nitrogens with one attached hydrogen (secondary N) is 1. The minimum absolute atomic E-state index is 0.246. The van der Waals surface area contributed by atoms with Gasteiger partial charge in [-0.2, -0.15) is 0 Å². The van der Waals surface area contributed by atoms with Crippen LogP contribution in [-0.2, 0) is 11.3 Å². The highest BCUT2D eigenvalue weighted by molar-refractivity contribution is 6.39. The molecule has 1 aromatic heterocycles. The summed E-state index contributed by atoms with van der Waals surface area (Å²) in [5.74, 6) is -0.246. The second kappa shape index (κ2) is 7.35. The second-order valence-corrected chi connectivity index (χ2v) is 6.37. The molecule has 3 N–H and O–H groups in total. The number of hydrogen-bond donors (Lipinski definition) is 2. The number of aromatic nitrogens is 1. The predicted molar refractivity (Wildman–Crippen MR) is 103 cm³/mol. The van der Waals surface area contributed by atoms with Crippen LogP contribution in [0, 0.1) is 0 Å². The lowest BCUT2D eigenvalue weighted by molar-refractivity contribution is 0.102. The number of rotatable bonds is 5. The average molecular weight is 378 g/mol. The first kappa shape index (κ1) is 17.6. The molecular weight excluding hydrogens is 361 g/mol. The fraction of sp³-hybridized carbons (Fsp3) is 0.167. The van der Waals surface area contributed by atoms with Gasteiger partial charge in [-0.05, 0) is 18.2 Å². The highest BCUT2D eigenvalue weighted by atomic mass is 35.5. The van der Waals surface area contributed by atoms with Crippen molar-refractivity contribution in [2.75, 3.05) is 24.8 Å². The predicted octanol–water partition coefficient (Wildman–Crippen LogP) is 4.43. The molecule has 2 aromatic carbocycles. The molecule has 0 saturated heterocycles. The summed E-state index contributed by atoms with van der Waals surface area (Å²) in [6.45, 7) is 1.22. The van der Waals surface area contributed by atoms with E-state index in [2.05, 4.69) is 5.32 Å². The van der Waals surface area contributed by atoms with Crippen molar-refractivity contribution >= 4 is 51.4 Å². The zero-order valence-electron chi connectivity index (χ0n) is 13.6. The Morgan fingerprint density at radius 2 is 1.92 bits per heavy atom. The topological polar surface area (TPSA) is 69.3 Å². The van der Waals surface area contributed by atoms with E-state index in [0.29, 0.717) is 34.4 Å². The summed E-state index contributed by atoms with van der Waals surface area (Å²) in [5, 5.41) is 4.28. The van der Waals surface area contributed by atoms with Gasteiger partial charge in [0, 0.05) is 36.4 Å². The molecule has 0 saturated carbocycles. The lowest BCUT2D eigenvalue weighted by atomic mass is 10.1. The molecule has 0 atom stereocenters. The summed E-state index contributed by atoms with van der Waals surface area (Å²) < 4.78 is 7.13. The van der Waals surface area contributed by atoms with Crippen molar-refractivity contribution in [2.24, 2.45) is 0 Å². The molecule has 0 radical (unpaired) electrons. The van der Waals surface area contributed by atoms with Crippen LogP contribution in [0.5, 0.6) is 0 Å². The molecule has 3 rings (SSSR count). The van der Waals surface area contributed by atoms with Gasteiger partial charge >= 0.3 is 0 Å². The zero-order valence-corrected chi connectivity index (χ0v) is 15.1. The Hall–Kier alpha value is -2.21. The molecule has 0 spiro atoms. The van der Waals surface area contributed by atoms with Gasteiger partial charge in [-0.1, -0.05) is 41.4 Å². The Balaban J connectivity index is 1.94. The van der Waals surface area contributed by atoms with Crippen molar-refractivity contribution in [3.05, 3.63) is 58.2 Å². The van der Waals surface area contributed by atoms with Crippen LogP contribution in [0.1, 0.15) is 10.4 Å². The van der Waals surface area contributed by atoms with Crippen LogP contribution in [0.2, 0.25) is 10.0 Å². The number of nitrogen functional groups attached to an aromatic ring is 1. The number of carbonyl (C=O) groups is 1. The maximum Gasteiger partial charge on any atom is 0.257 e. The number of carbonyl (C=O) groups excluding carboxylic acids is 1. The van der Waals surface area contributed by atoms with Crippen molar-refractivity contribution < 1.29 is 9.53 Å². The number of anilines is 2. The molecule has 25 heavy (non-hydrogen) atoms. The summed E-state index contributed by atoms with van der Waals surface area (Å²) >= 11 is 12.1. The number of ether oxygens (including phenoxy) is 1. The van der Waals surface area contributed by atoms with Crippen LogP contribution in [0.3, 0.4) is 0 Å². The Kier molecular flexibility index (Phi) is 5.18. The smallest absolute Gasteiger partial charge is 0.257 e. The van der Waals surface area contributed by atoms with Crippen LogP contribution in [0.15, 0.2) is 42.6 Å². The lowest BCUT2D eigenvalue weighted by Crippen LogP contribution is -2.12. The van der Waals surface area contributed by atoms with Gasteiger partial charge < -0.3 is 20.4 Å². The number of amides is 1. The lowest BCUT2D eigenvalue weighted by Gasteiger charge is -2.08. The van der Waals surface area contributed by atoms with Crippen LogP contribution in [0.4, 0.5) is 11.4 Å². The Labute approximate surface area is 155 Å². The van der Waals surface area contributed by atoms with Crippen LogP contribution < -0.4 is 11.1 Å². The first-order valence-corrected chi connectivity index (χ1v) is 8.39. The van der Waals surface area contributed by atoms with Crippen molar-refractivity contribution in [3.8, 4) is 0 Å². The summed E-state index contributed by atoms with van der Waals surface area (Å²) in [7, 11) is 1.65. The molecular formula is C18H17Cl2N3O2. The zero-order chi connectivity index (χ0) is 18.0. The van der Waals surface area contributed by atoms with E-state index in [0.717, 1.165) is 10.9 Å². The average Bonchev–Trinajstić information content (AvgIpc) is 2.97. The summed E-state index contributed by atoms with van der Waals surface area (Å²) in [4.78, 5) is 12.7. The summed E-state index contributed by atoms with van der Waals surface area (Å²) in [6, 6.07) is 10.9. The number of nitrogens with two attached hydrogens (primary N) is 1. The molecule has 0 fully saturated rings. The third-order valence-corrected chi connectivity index (χ3v) is 4.53. The normalized spacial score (nSPS) is 11.0. The molecule has 7 heteroatoms. The highest BCUT2D eigenvalue weighted by Gasteiger charge is 2.16. The molecule has 3 aromatic rings. The molecule has 0 bridgehead atoms. The van der Waals surface area contributed by atoms with E-state index in [9.17, 15) is 4.79 Å². The largest absolute Gasteiger partial charge is 0.396 e. The van der Waals surface area contributed by atoms with Gasteiger partial charge in [0.05, 0.1) is 27.9 Å². The van der Waals surface area contributed by atoms with E-state index in [-0.39, 0.29) is 11.6 Å². The van der Waals surface area contributed by atoms with Gasteiger partial charge in [0.2, 0.25) is 0 Å². The molecule has 5 nitrogen and oxygen atoms in total. The van der Waals surface area contributed by atoms with Crippen molar-refractivity contribution in [3.63, 3.8) is 0 Å². The summed E-state index contributed by atoms with van der Waals surface area (Å²) in [6.07, 6.45) is 1.82. The minimum atomic E-state index is -0.246. The minimum Gasteiger partial charge on any atom is -0.396 e. The number of benzene rings is 2. The molecule has 1 heterocycles. The molecule has 0 aliphatic carbocycles. The first-order chi connectivity index (χ1) is 12.0.